The van der Waals surface area contributed by atoms with E-state index in [2.05, 4.69) is 15.8 Å². The summed E-state index contributed by atoms with van der Waals surface area (Å²) in [6.07, 6.45) is 1.58. The van der Waals surface area contributed by atoms with E-state index in [0.29, 0.717) is 19.9 Å². The van der Waals surface area contributed by atoms with E-state index in [0.717, 1.165) is 11.1 Å². The molecule has 0 spiro atoms. The van der Waals surface area contributed by atoms with E-state index >= 15 is 0 Å². The van der Waals surface area contributed by atoms with E-state index in [1.165, 1.54) is 17.5 Å². The van der Waals surface area contributed by atoms with Crippen molar-refractivity contribution in [3.05, 3.63) is 75.2 Å². The van der Waals surface area contributed by atoms with Crippen LogP contribution in [0, 0.1) is 0 Å². The molecule has 132 valence electrons. The van der Waals surface area contributed by atoms with Crippen LogP contribution in [0.4, 0.5) is 0 Å². The van der Waals surface area contributed by atoms with Crippen molar-refractivity contribution in [3.63, 3.8) is 0 Å². The Labute approximate surface area is 163 Å². The lowest BCUT2D eigenvalue weighted by Crippen LogP contribution is -2.42. The van der Waals surface area contributed by atoms with Gasteiger partial charge in [0, 0.05) is 10.6 Å². The molecule has 0 bridgehead atoms. The first-order valence-electron chi connectivity index (χ1n) is 7.57. The van der Waals surface area contributed by atoms with Crippen molar-refractivity contribution in [3.8, 4) is 10.6 Å². The number of carbonyl (C=O) groups excluding carboxylic acids is 2. The summed E-state index contributed by atoms with van der Waals surface area (Å²) in [5, 5.41) is 1.79. The average molecular weight is 406 g/mol. The molecule has 2 amide bonds. The van der Waals surface area contributed by atoms with Crippen LogP contribution in [0.25, 0.3) is 10.6 Å². The molecule has 0 fully saturated rings. The first-order valence-corrected chi connectivity index (χ1v) is 9.14. The average Bonchev–Trinajstić information content (AvgIpc) is 3.12. The smallest absolute Gasteiger partial charge is 0.273 e. The van der Waals surface area contributed by atoms with Gasteiger partial charge < -0.3 is 0 Å². The maximum absolute atomic E-state index is 12.2. The molecule has 5 nitrogen and oxygen atoms in total. The Bertz CT molecular complexity index is 942. The molecule has 3 rings (SSSR count). The molecule has 2 N–H and O–H groups in total. The zero-order valence-corrected chi connectivity index (χ0v) is 15.7. The second-order valence-corrected chi connectivity index (χ2v) is 7.19. The molecular formula is C18H13Cl2N3O2S. The van der Waals surface area contributed by atoms with Gasteiger partial charge >= 0.3 is 0 Å². The van der Waals surface area contributed by atoms with Crippen LogP contribution in [0.3, 0.4) is 0 Å². The molecular weight excluding hydrogens is 393 g/mol. The fourth-order valence-corrected chi connectivity index (χ4v) is 3.42. The third kappa shape index (κ3) is 4.60. The normalized spacial score (nSPS) is 10.4. The number of aromatic nitrogens is 1. The van der Waals surface area contributed by atoms with E-state index in [-0.39, 0.29) is 12.3 Å². The minimum Gasteiger partial charge on any atom is -0.273 e. The van der Waals surface area contributed by atoms with Gasteiger partial charge in [0.25, 0.3) is 5.91 Å². The maximum Gasteiger partial charge on any atom is 0.281 e. The van der Waals surface area contributed by atoms with Gasteiger partial charge in [0.2, 0.25) is 5.91 Å². The Morgan fingerprint density at radius 2 is 1.73 bits per heavy atom. The number of benzene rings is 2. The first kappa shape index (κ1) is 18.4. The number of halogens is 2. The van der Waals surface area contributed by atoms with Gasteiger partial charge in [-0.2, -0.15) is 0 Å². The second kappa shape index (κ2) is 8.31. The van der Waals surface area contributed by atoms with Gasteiger partial charge in [-0.15, -0.1) is 11.3 Å². The van der Waals surface area contributed by atoms with Gasteiger partial charge in [0.05, 0.1) is 17.6 Å². The van der Waals surface area contributed by atoms with E-state index in [9.17, 15) is 9.59 Å². The van der Waals surface area contributed by atoms with Crippen LogP contribution in [-0.4, -0.2) is 16.8 Å². The van der Waals surface area contributed by atoms with Crippen molar-refractivity contribution in [2.24, 2.45) is 0 Å². The Kier molecular flexibility index (Phi) is 5.88. The summed E-state index contributed by atoms with van der Waals surface area (Å²) in [5.41, 5.74) is 6.31. The predicted octanol–water partition coefficient (Wildman–Crippen LogP) is 4.12. The zero-order chi connectivity index (χ0) is 18.5. The van der Waals surface area contributed by atoms with Gasteiger partial charge in [-0.25, -0.2) is 4.98 Å². The molecule has 0 aliphatic heterocycles. The Morgan fingerprint density at radius 3 is 2.46 bits per heavy atom. The second-order valence-electron chi connectivity index (χ2n) is 5.32. The van der Waals surface area contributed by atoms with Crippen molar-refractivity contribution in [1.29, 1.82) is 0 Å². The Hall–Kier alpha value is -2.41. The molecule has 0 radical (unpaired) electrons. The van der Waals surface area contributed by atoms with E-state index in [4.69, 9.17) is 23.2 Å². The summed E-state index contributed by atoms with van der Waals surface area (Å²) in [5.74, 6) is -0.776. The summed E-state index contributed by atoms with van der Waals surface area (Å²) >= 11 is 13.1. The molecule has 2 aromatic carbocycles. The third-order valence-corrected chi connectivity index (χ3v) is 5.04. The van der Waals surface area contributed by atoms with Gasteiger partial charge in [-0.1, -0.05) is 53.5 Å². The quantitative estimate of drug-likeness (QED) is 0.641. The Balaban J connectivity index is 1.58. The zero-order valence-electron chi connectivity index (χ0n) is 13.3. The van der Waals surface area contributed by atoms with Crippen LogP contribution in [0.15, 0.2) is 54.7 Å². The number of hydrogen-bond donors (Lipinski definition) is 2. The largest absolute Gasteiger partial charge is 0.281 e. The molecule has 0 aliphatic carbocycles. The number of hydrogen-bond acceptors (Lipinski definition) is 4. The number of thiazole rings is 1. The predicted molar refractivity (Wildman–Crippen MR) is 103 cm³/mol. The summed E-state index contributed by atoms with van der Waals surface area (Å²) in [7, 11) is 0. The third-order valence-electron chi connectivity index (χ3n) is 3.43. The monoisotopic (exact) mass is 405 g/mol. The van der Waals surface area contributed by atoms with E-state index in [1.54, 1.807) is 30.3 Å². The van der Waals surface area contributed by atoms with E-state index in [1.807, 2.05) is 18.2 Å². The number of nitrogens with one attached hydrogen (secondary N) is 2. The summed E-state index contributed by atoms with van der Waals surface area (Å²) in [6, 6.07) is 14.2. The van der Waals surface area contributed by atoms with Crippen LogP contribution in [0.1, 0.15) is 15.2 Å². The van der Waals surface area contributed by atoms with Crippen LogP contribution >= 0.6 is 34.5 Å². The lowest BCUT2D eigenvalue weighted by atomic mass is 10.1. The fourth-order valence-electron chi connectivity index (χ4n) is 2.16. The number of nitrogens with zero attached hydrogens (tertiary/aromatic N) is 1. The van der Waals surface area contributed by atoms with Crippen molar-refractivity contribution in [1.82, 2.24) is 15.8 Å². The van der Waals surface area contributed by atoms with Crippen LogP contribution in [0.2, 0.25) is 10.0 Å². The lowest BCUT2D eigenvalue weighted by molar-refractivity contribution is -0.121. The summed E-state index contributed by atoms with van der Waals surface area (Å²) < 4.78 is 0. The minimum absolute atomic E-state index is 0.130. The fraction of sp³-hybridized carbons (Fsp3) is 0.0556. The van der Waals surface area contributed by atoms with Gasteiger partial charge in [-0.05, 0) is 23.8 Å². The molecule has 0 saturated carbocycles. The minimum atomic E-state index is -0.440. The van der Waals surface area contributed by atoms with Crippen LogP contribution in [0.5, 0.6) is 0 Å². The van der Waals surface area contributed by atoms with Crippen LogP contribution < -0.4 is 10.9 Å². The summed E-state index contributed by atoms with van der Waals surface area (Å²) in [6.45, 7) is 0. The Morgan fingerprint density at radius 1 is 1.00 bits per heavy atom. The summed E-state index contributed by atoms with van der Waals surface area (Å²) in [4.78, 5) is 28.7. The van der Waals surface area contributed by atoms with Crippen molar-refractivity contribution < 1.29 is 9.59 Å². The van der Waals surface area contributed by atoms with Gasteiger partial charge in [0.15, 0.2) is 0 Å². The number of hydrazine groups is 1. The molecule has 0 unspecified atom stereocenters. The van der Waals surface area contributed by atoms with Crippen molar-refractivity contribution in [2.45, 2.75) is 6.42 Å². The standard InChI is InChI=1S/C18H13Cl2N3O2S/c19-12-7-5-11(6-8-12)9-16(24)22-23-17(25)15-10-21-18(26-15)13-3-1-2-4-14(13)20/h1-8,10H,9H2,(H,22,24)(H,23,25). The topological polar surface area (TPSA) is 71.1 Å². The molecule has 0 atom stereocenters. The molecule has 1 aromatic heterocycles. The molecule has 0 saturated heterocycles. The SMILES string of the molecule is O=C(Cc1ccc(Cl)cc1)NNC(=O)c1cnc(-c2ccccc2Cl)s1. The van der Waals surface area contributed by atoms with Crippen LogP contribution in [-0.2, 0) is 11.2 Å². The van der Waals surface area contributed by atoms with Gasteiger partial charge in [0.1, 0.15) is 9.88 Å². The van der Waals surface area contributed by atoms with Gasteiger partial charge in [-0.3, -0.25) is 20.4 Å². The number of rotatable bonds is 4. The molecule has 26 heavy (non-hydrogen) atoms. The highest BCUT2D eigenvalue weighted by Gasteiger charge is 2.14. The highest BCUT2D eigenvalue weighted by molar-refractivity contribution is 7.17. The lowest BCUT2D eigenvalue weighted by Gasteiger charge is -2.06. The molecule has 8 heteroatoms. The molecule has 0 aliphatic rings. The molecule has 3 aromatic rings. The van der Waals surface area contributed by atoms with Crippen molar-refractivity contribution in [2.75, 3.05) is 0 Å². The first-order chi connectivity index (χ1) is 12.5. The maximum atomic E-state index is 12.2. The number of carbonyl (C=O) groups is 2. The van der Waals surface area contributed by atoms with Crippen molar-refractivity contribution >= 4 is 46.4 Å². The molecule has 1 heterocycles. The van der Waals surface area contributed by atoms with E-state index < -0.39 is 5.91 Å². The highest BCUT2D eigenvalue weighted by Crippen LogP contribution is 2.30. The highest BCUT2D eigenvalue weighted by atomic mass is 35.5. The number of amides is 2.